The molecule has 1 unspecified atom stereocenters. The van der Waals surface area contributed by atoms with Crippen LogP contribution in [0.2, 0.25) is 0 Å². The van der Waals surface area contributed by atoms with E-state index in [1.54, 1.807) is 43.0 Å². The molecule has 1 atom stereocenters. The molecule has 3 N–H and O–H groups in total. The van der Waals surface area contributed by atoms with Crippen LogP contribution in [-0.4, -0.2) is 93.9 Å². The number of morpholine rings is 1. The molecule has 0 bridgehead atoms. The highest BCUT2D eigenvalue weighted by Gasteiger charge is 2.20. The number of hydrogen-bond acceptors (Lipinski definition) is 11. The normalized spacial score (nSPS) is 15.6. The molecule has 4 aromatic heterocycles. The Hall–Kier alpha value is -4.52. The van der Waals surface area contributed by atoms with Crippen LogP contribution in [0.25, 0.3) is 22.3 Å². The van der Waals surface area contributed by atoms with Crippen molar-refractivity contribution >= 4 is 40.0 Å². The molecule has 4 aromatic rings. The molecule has 1 saturated heterocycles. The minimum Gasteiger partial charge on any atom is -0.394 e. The van der Waals surface area contributed by atoms with E-state index in [0.29, 0.717) is 54.8 Å². The standard InChI is InChI=1S/C28H31N9O3/c1-36(2)11-3-4-25(39)33-20-8-10-29-23(14-20)27-26-19(7-9-30-27)15-32-28(35-26)34-21-5-6-24(31-16-21)37-12-13-40-22(17-37)18-38/h3-10,14-16,22,38H,11-13,17-18H2,1-2H3,(H,29,33,39)(H,32,34,35)/b4-3+. The Bertz CT molecular complexity index is 1490. The van der Waals surface area contributed by atoms with Crippen LogP contribution in [0.4, 0.5) is 23.1 Å². The second-order valence-corrected chi connectivity index (χ2v) is 9.53. The van der Waals surface area contributed by atoms with Gasteiger partial charge in [-0.2, -0.15) is 0 Å². The molecule has 1 aliphatic heterocycles. The monoisotopic (exact) mass is 541 g/mol. The van der Waals surface area contributed by atoms with Gasteiger partial charge in [-0.25, -0.2) is 15.0 Å². The third kappa shape index (κ3) is 6.72. The third-order valence-corrected chi connectivity index (χ3v) is 6.18. The van der Waals surface area contributed by atoms with Crippen molar-refractivity contribution in [2.45, 2.75) is 6.10 Å². The number of nitrogens with zero attached hydrogens (tertiary/aromatic N) is 7. The summed E-state index contributed by atoms with van der Waals surface area (Å²) < 4.78 is 5.52. The summed E-state index contributed by atoms with van der Waals surface area (Å²) in [5.74, 6) is 0.975. The molecule has 5 heterocycles. The van der Waals surface area contributed by atoms with E-state index in [1.165, 1.54) is 6.08 Å². The van der Waals surface area contributed by atoms with Crippen molar-refractivity contribution in [3.8, 4) is 11.4 Å². The molecular formula is C28H31N9O3. The van der Waals surface area contributed by atoms with Gasteiger partial charge in [0.05, 0.1) is 36.9 Å². The average molecular weight is 542 g/mol. The van der Waals surface area contributed by atoms with Crippen LogP contribution in [0.15, 0.2) is 67.3 Å². The number of pyridine rings is 3. The summed E-state index contributed by atoms with van der Waals surface area (Å²) >= 11 is 0. The van der Waals surface area contributed by atoms with Crippen LogP contribution in [0.5, 0.6) is 0 Å². The molecule has 0 spiro atoms. The van der Waals surface area contributed by atoms with Gasteiger partial charge in [-0.1, -0.05) is 6.08 Å². The Morgan fingerprint density at radius 1 is 1.12 bits per heavy atom. The lowest BCUT2D eigenvalue weighted by atomic mass is 10.1. The molecule has 0 saturated carbocycles. The van der Waals surface area contributed by atoms with Crippen molar-refractivity contribution < 1.29 is 14.6 Å². The molecule has 12 heteroatoms. The number of anilines is 4. The zero-order valence-electron chi connectivity index (χ0n) is 22.4. The molecule has 40 heavy (non-hydrogen) atoms. The van der Waals surface area contributed by atoms with Crippen molar-refractivity contribution in [2.75, 3.05) is 62.5 Å². The van der Waals surface area contributed by atoms with Crippen LogP contribution < -0.4 is 15.5 Å². The largest absolute Gasteiger partial charge is 0.394 e. The number of hydrogen-bond donors (Lipinski definition) is 3. The molecule has 0 aliphatic carbocycles. The van der Waals surface area contributed by atoms with E-state index in [1.807, 2.05) is 37.2 Å². The molecule has 5 rings (SSSR count). The van der Waals surface area contributed by atoms with Gasteiger partial charge >= 0.3 is 0 Å². The molecule has 12 nitrogen and oxygen atoms in total. The summed E-state index contributed by atoms with van der Waals surface area (Å²) in [7, 11) is 3.87. The van der Waals surface area contributed by atoms with E-state index in [2.05, 4.69) is 35.5 Å². The Balaban J connectivity index is 1.33. The highest BCUT2D eigenvalue weighted by molar-refractivity contribution is 6.00. The first-order valence-corrected chi connectivity index (χ1v) is 12.9. The first kappa shape index (κ1) is 27.1. The molecular weight excluding hydrogens is 510 g/mol. The zero-order valence-corrected chi connectivity index (χ0v) is 22.4. The number of rotatable bonds is 9. The SMILES string of the molecule is CN(C)C/C=C/C(=O)Nc1ccnc(-c2nccc3cnc(Nc4ccc(N5CCOC(CO)C5)nc4)nc23)c1. The van der Waals surface area contributed by atoms with Crippen molar-refractivity contribution in [1.82, 2.24) is 29.8 Å². The van der Waals surface area contributed by atoms with Crippen molar-refractivity contribution in [1.29, 1.82) is 0 Å². The maximum absolute atomic E-state index is 12.3. The van der Waals surface area contributed by atoms with Crippen LogP contribution in [0, 0.1) is 0 Å². The Morgan fingerprint density at radius 2 is 2.00 bits per heavy atom. The summed E-state index contributed by atoms with van der Waals surface area (Å²) in [5.41, 5.74) is 3.09. The Kier molecular flexibility index (Phi) is 8.50. The summed E-state index contributed by atoms with van der Waals surface area (Å²) in [6.45, 7) is 2.50. The van der Waals surface area contributed by atoms with E-state index in [9.17, 15) is 9.90 Å². The van der Waals surface area contributed by atoms with Gasteiger partial charge in [-0.05, 0) is 44.4 Å². The van der Waals surface area contributed by atoms with Crippen LogP contribution in [0.3, 0.4) is 0 Å². The van der Waals surface area contributed by atoms with Crippen LogP contribution >= 0.6 is 0 Å². The topological polar surface area (TPSA) is 142 Å². The fourth-order valence-corrected chi connectivity index (χ4v) is 4.21. The molecule has 1 aliphatic rings. The summed E-state index contributed by atoms with van der Waals surface area (Å²) in [4.78, 5) is 39.1. The van der Waals surface area contributed by atoms with Crippen LogP contribution in [-0.2, 0) is 9.53 Å². The molecule has 0 radical (unpaired) electrons. The van der Waals surface area contributed by atoms with E-state index < -0.39 is 0 Å². The van der Waals surface area contributed by atoms with E-state index in [-0.39, 0.29) is 18.6 Å². The predicted molar refractivity (Wildman–Crippen MR) is 153 cm³/mol. The van der Waals surface area contributed by atoms with Crippen molar-refractivity contribution in [3.05, 3.63) is 67.3 Å². The fourth-order valence-electron chi connectivity index (χ4n) is 4.21. The van der Waals surface area contributed by atoms with E-state index in [4.69, 9.17) is 9.72 Å². The molecule has 0 aromatic carbocycles. The van der Waals surface area contributed by atoms with Gasteiger partial charge < -0.3 is 30.3 Å². The lowest BCUT2D eigenvalue weighted by Crippen LogP contribution is -2.44. The van der Waals surface area contributed by atoms with Gasteiger partial charge in [0.1, 0.15) is 17.0 Å². The smallest absolute Gasteiger partial charge is 0.248 e. The highest BCUT2D eigenvalue weighted by Crippen LogP contribution is 2.26. The number of likely N-dealkylation sites (N-methyl/N-ethyl adjacent to an activating group) is 1. The zero-order chi connectivity index (χ0) is 27.9. The number of carbonyl (C=O) groups excluding carboxylic acids is 1. The number of carbonyl (C=O) groups is 1. The number of ether oxygens (including phenoxy) is 1. The second-order valence-electron chi connectivity index (χ2n) is 9.53. The lowest BCUT2D eigenvalue weighted by Gasteiger charge is -2.32. The van der Waals surface area contributed by atoms with Gasteiger partial charge in [0.2, 0.25) is 11.9 Å². The average Bonchev–Trinajstić information content (AvgIpc) is 2.97. The number of amides is 1. The third-order valence-electron chi connectivity index (χ3n) is 6.18. The molecule has 1 amide bonds. The lowest BCUT2D eigenvalue weighted by molar-refractivity contribution is -0.111. The number of aliphatic hydroxyl groups excluding tert-OH is 1. The number of aromatic nitrogens is 5. The molecule has 1 fully saturated rings. The molecule has 206 valence electrons. The first-order valence-electron chi connectivity index (χ1n) is 12.9. The Morgan fingerprint density at radius 3 is 2.80 bits per heavy atom. The maximum atomic E-state index is 12.3. The summed E-state index contributed by atoms with van der Waals surface area (Å²) in [5, 5.41) is 16.3. The van der Waals surface area contributed by atoms with E-state index in [0.717, 1.165) is 16.9 Å². The number of fused-ring (bicyclic) bond motifs is 1. The summed E-state index contributed by atoms with van der Waals surface area (Å²) in [6.07, 6.45) is 9.85. The first-order chi connectivity index (χ1) is 19.5. The number of aliphatic hydroxyl groups is 1. The van der Waals surface area contributed by atoms with Gasteiger partial charge in [-0.15, -0.1) is 0 Å². The highest BCUT2D eigenvalue weighted by atomic mass is 16.5. The minimum atomic E-state index is -0.222. The maximum Gasteiger partial charge on any atom is 0.248 e. The quantitative estimate of drug-likeness (QED) is 0.269. The van der Waals surface area contributed by atoms with E-state index >= 15 is 0 Å². The predicted octanol–water partition coefficient (Wildman–Crippen LogP) is 2.48. The van der Waals surface area contributed by atoms with Gasteiger partial charge in [0.25, 0.3) is 0 Å². The summed E-state index contributed by atoms with van der Waals surface area (Å²) in [6, 6.07) is 9.15. The number of nitrogens with one attached hydrogen (secondary N) is 2. The minimum absolute atomic E-state index is 0.0187. The van der Waals surface area contributed by atoms with Crippen molar-refractivity contribution in [3.63, 3.8) is 0 Å². The van der Waals surface area contributed by atoms with Crippen molar-refractivity contribution in [2.24, 2.45) is 0 Å². The second kappa shape index (κ2) is 12.6. The van der Waals surface area contributed by atoms with Gasteiger partial charge in [-0.3, -0.25) is 14.8 Å². The Labute approximate surface area is 231 Å². The van der Waals surface area contributed by atoms with Gasteiger partial charge in [0, 0.05) is 55.4 Å². The fraction of sp³-hybridized carbons (Fsp3) is 0.286. The van der Waals surface area contributed by atoms with Crippen LogP contribution in [0.1, 0.15) is 0 Å². The van der Waals surface area contributed by atoms with Gasteiger partial charge in [0.15, 0.2) is 0 Å².